The third-order valence-corrected chi connectivity index (χ3v) is 2.09. The Morgan fingerprint density at radius 3 is 2.60 bits per heavy atom. The SMILES string of the molecule is Nc1[nH+]cccc1OCc1ccccc1. The van der Waals surface area contributed by atoms with E-state index in [1.165, 1.54) is 0 Å². The molecule has 1 heterocycles. The second-order valence-corrected chi connectivity index (χ2v) is 3.22. The first-order valence-electron chi connectivity index (χ1n) is 4.79. The first kappa shape index (κ1) is 9.52. The third-order valence-electron chi connectivity index (χ3n) is 2.09. The predicted molar refractivity (Wildman–Crippen MR) is 58.2 cm³/mol. The number of rotatable bonds is 3. The average Bonchev–Trinajstić information content (AvgIpc) is 2.29. The van der Waals surface area contributed by atoms with Crippen LogP contribution in [0.1, 0.15) is 5.56 Å². The molecule has 0 atom stereocenters. The van der Waals surface area contributed by atoms with E-state index < -0.39 is 0 Å². The lowest BCUT2D eigenvalue weighted by Gasteiger charge is -2.04. The van der Waals surface area contributed by atoms with E-state index in [1.54, 1.807) is 6.20 Å². The largest absolute Gasteiger partial charge is 0.481 e. The van der Waals surface area contributed by atoms with Gasteiger partial charge < -0.3 is 4.74 Å². The molecule has 15 heavy (non-hydrogen) atoms. The topological polar surface area (TPSA) is 49.4 Å². The number of nitrogen functional groups attached to an aromatic ring is 1. The number of anilines is 1. The van der Waals surface area contributed by atoms with Gasteiger partial charge in [0.15, 0.2) is 0 Å². The maximum atomic E-state index is 5.70. The number of hydrogen-bond acceptors (Lipinski definition) is 2. The van der Waals surface area contributed by atoms with Crippen LogP contribution in [0.3, 0.4) is 0 Å². The number of nitrogens with one attached hydrogen (secondary N) is 1. The molecule has 0 saturated carbocycles. The average molecular weight is 201 g/mol. The highest BCUT2D eigenvalue weighted by molar-refractivity contribution is 5.39. The fourth-order valence-electron chi connectivity index (χ4n) is 1.30. The Morgan fingerprint density at radius 1 is 1.07 bits per heavy atom. The van der Waals surface area contributed by atoms with Gasteiger partial charge in [-0.25, -0.2) is 4.98 Å². The minimum atomic E-state index is 0.531. The van der Waals surface area contributed by atoms with Gasteiger partial charge in [-0.1, -0.05) is 30.3 Å². The highest BCUT2D eigenvalue weighted by Crippen LogP contribution is 2.15. The molecule has 1 aromatic carbocycles. The van der Waals surface area contributed by atoms with Gasteiger partial charge in [0.1, 0.15) is 6.61 Å². The summed E-state index contributed by atoms with van der Waals surface area (Å²) in [5.74, 6) is 1.23. The van der Waals surface area contributed by atoms with E-state index >= 15 is 0 Å². The van der Waals surface area contributed by atoms with E-state index in [2.05, 4.69) is 4.98 Å². The van der Waals surface area contributed by atoms with Crippen molar-refractivity contribution in [3.05, 3.63) is 54.2 Å². The van der Waals surface area contributed by atoms with Crippen molar-refractivity contribution in [1.29, 1.82) is 0 Å². The second-order valence-electron chi connectivity index (χ2n) is 3.22. The molecule has 2 aromatic rings. The summed E-state index contributed by atoms with van der Waals surface area (Å²) >= 11 is 0. The van der Waals surface area contributed by atoms with Gasteiger partial charge in [0.25, 0.3) is 0 Å². The summed E-state index contributed by atoms with van der Waals surface area (Å²) < 4.78 is 5.57. The molecule has 3 N–H and O–H groups in total. The zero-order valence-electron chi connectivity index (χ0n) is 8.31. The molecule has 0 aliphatic rings. The van der Waals surface area contributed by atoms with Crippen LogP contribution in [0.4, 0.5) is 5.82 Å². The summed E-state index contributed by atoms with van der Waals surface area (Å²) in [5, 5.41) is 0. The highest BCUT2D eigenvalue weighted by Gasteiger charge is 2.04. The number of pyridine rings is 1. The Morgan fingerprint density at radius 2 is 1.87 bits per heavy atom. The zero-order valence-corrected chi connectivity index (χ0v) is 8.31. The van der Waals surface area contributed by atoms with E-state index in [9.17, 15) is 0 Å². The molecule has 0 aliphatic carbocycles. The number of nitrogens with two attached hydrogens (primary N) is 1. The molecule has 2 rings (SSSR count). The first-order valence-corrected chi connectivity index (χ1v) is 4.79. The Hall–Kier alpha value is -2.03. The van der Waals surface area contributed by atoms with Gasteiger partial charge in [0.05, 0.1) is 6.20 Å². The first-order chi connectivity index (χ1) is 7.36. The minimum absolute atomic E-state index is 0.531. The van der Waals surface area contributed by atoms with E-state index in [-0.39, 0.29) is 0 Å². The van der Waals surface area contributed by atoms with Crippen molar-refractivity contribution in [2.45, 2.75) is 6.61 Å². The van der Waals surface area contributed by atoms with E-state index in [4.69, 9.17) is 10.5 Å². The molecule has 0 amide bonds. The Labute approximate surface area is 88.5 Å². The number of benzene rings is 1. The van der Waals surface area contributed by atoms with Crippen molar-refractivity contribution in [3.8, 4) is 5.75 Å². The number of ether oxygens (including phenoxy) is 1. The van der Waals surface area contributed by atoms with Crippen LogP contribution in [0.15, 0.2) is 48.7 Å². The lowest BCUT2D eigenvalue weighted by molar-refractivity contribution is -0.361. The molecule has 0 radical (unpaired) electrons. The predicted octanol–water partition coefficient (Wildman–Crippen LogP) is 1.66. The normalized spacial score (nSPS) is 9.87. The van der Waals surface area contributed by atoms with Crippen molar-refractivity contribution in [1.82, 2.24) is 0 Å². The summed E-state index contributed by atoms with van der Waals surface area (Å²) in [6.45, 7) is 0.531. The fourth-order valence-corrected chi connectivity index (χ4v) is 1.30. The van der Waals surface area contributed by atoms with Gasteiger partial charge in [-0.05, 0) is 17.7 Å². The molecular formula is C12H13N2O+. The van der Waals surface area contributed by atoms with Crippen molar-refractivity contribution in [3.63, 3.8) is 0 Å². The highest BCUT2D eigenvalue weighted by atomic mass is 16.5. The summed E-state index contributed by atoms with van der Waals surface area (Å²) in [7, 11) is 0. The molecule has 1 aromatic heterocycles. The number of aromatic nitrogens is 1. The van der Waals surface area contributed by atoms with Crippen LogP contribution in [0.25, 0.3) is 0 Å². The number of hydrogen-bond donors (Lipinski definition) is 1. The lowest BCUT2D eigenvalue weighted by atomic mass is 10.2. The Kier molecular flexibility index (Phi) is 2.83. The van der Waals surface area contributed by atoms with E-state index in [1.807, 2.05) is 42.5 Å². The molecule has 0 bridgehead atoms. The summed E-state index contributed by atoms with van der Waals surface area (Å²) in [6.07, 6.45) is 1.77. The second kappa shape index (κ2) is 4.46. The van der Waals surface area contributed by atoms with Crippen LogP contribution >= 0.6 is 0 Å². The molecule has 3 nitrogen and oxygen atoms in total. The van der Waals surface area contributed by atoms with Crippen molar-refractivity contribution in [2.75, 3.05) is 5.73 Å². The van der Waals surface area contributed by atoms with Crippen LogP contribution in [-0.2, 0) is 6.61 Å². The van der Waals surface area contributed by atoms with Crippen LogP contribution in [0.2, 0.25) is 0 Å². The maximum Gasteiger partial charge on any atom is 0.313 e. The Bertz CT molecular complexity index is 429. The molecule has 3 heteroatoms. The number of aromatic amines is 1. The van der Waals surface area contributed by atoms with Gasteiger partial charge >= 0.3 is 5.82 Å². The monoisotopic (exact) mass is 201 g/mol. The zero-order chi connectivity index (χ0) is 10.5. The number of H-pyrrole nitrogens is 1. The third kappa shape index (κ3) is 2.47. The van der Waals surface area contributed by atoms with Crippen LogP contribution in [0, 0.1) is 0 Å². The fraction of sp³-hybridized carbons (Fsp3) is 0.0833. The quantitative estimate of drug-likeness (QED) is 0.821. The van der Waals surface area contributed by atoms with Gasteiger partial charge in [0.2, 0.25) is 5.75 Å². The van der Waals surface area contributed by atoms with Crippen molar-refractivity contribution in [2.24, 2.45) is 0 Å². The maximum absolute atomic E-state index is 5.70. The van der Waals surface area contributed by atoms with Gasteiger partial charge in [-0.2, -0.15) is 0 Å². The van der Waals surface area contributed by atoms with Crippen molar-refractivity contribution >= 4 is 5.82 Å². The van der Waals surface area contributed by atoms with Crippen LogP contribution in [-0.4, -0.2) is 0 Å². The standard InChI is InChI=1S/C12H12N2O/c13-12-11(7-4-8-14-12)15-9-10-5-2-1-3-6-10/h1-8H,9H2,(H2,13,14)/p+1. The molecule has 0 aliphatic heterocycles. The molecular weight excluding hydrogens is 188 g/mol. The summed E-state index contributed by atoms with van der Waals surface area (Å²) in [4.78, 5) is 2.89. The van der Waals surface area contributed by atoms with E-state index in [0.717, 1.165) is 5.56 Å². The summed E-state index contributed by atoms with van der Waals surface area (Å²) in [6, 6.07) is 13.7. The van der Waals surface area contributed by atoms with Gasteiger partial charge in [-0.15, -0.1) is 0 Å². The van der Waals surface area contributed by atoms with Gasteiger partial charge in [-0.3, -0.25) is 5.73 Å². The molecule has 0 spiro atoms. The van der Waals surface area contributed by atoms with Crippen molar-refractivity contribution < 1.29 is 9.72 Å². The Balaban J connectivity index is 2.03. The van der Waals surface area contributed by atoms with E-state index in [0.29, 0.717) is 18.2 Å². The molecule has 0 saturated heterocycles. The van der Waals surface area contributed by atoms with Crippen LogP contribution in [0.5, 0.6) is 5.75 Å². The summed E-state index contributed by atoms with van der Waals surface area (Å²) in [5.41, 5.74) is 6.83. The molecule has 0 fully saturated rings. The lowest BCUT2D eigenvalue weighted by Crippen LogP contribution is -2.11. The molecule has 76 valence electrons. The minimum Gasteiger partial charge on any atom is -0.481 e. The smallest absolute Gasteiger partial charge is 0.313 e. The molecule has 0 unspecified atom stereocenters. The van der Waals surface area contributed by atoms with Crippen LogP contribution < -0.4 is 15.5 Å². The van der Waals surface area contributed by atoms with Gasteiger partial charge in [0, 0.05) is 0 Å².